The van der Waals surface area contributed by atoms with Crippen molar-refractivity contribution in [1.82, 2.24) is 0 Å². The van der Waals surface area contributed by atoms with E-state index in [-0.39, 0.29) is 11.9 Å². The van der Waals surface area contributed by atoms with Crippen LogP contribution in [0.25, 0.3) is 10.8 Å². The molecule has 24 heavy (non-hydrogen) atoms. The molecule has 1 nitrogen and oxygen atoms in total. The van der Waals surface area contributed by atoms with Gasteiger partial charge in [-0.3, -0.25) is 0 Å². The Morgan fingerprint density at radius 1 is 0.917 bits per heavy atom. The highest BCUT2D eigenvalue weighted by Gasteiger charge is 2.39. The van der Waals surface area contributed by atoms with Crippen molar-refractivity contribution < 1.29 is 4.39 Å². The van der Waals surface area contributed by atoms with Gasteiger partial charge in [0.05, 0.1) is 6.04 Å². The van der Waals surface area contributed by atoms with E-state index in [1.165, 1.54) is 16.3 Å². The van der Waals surface area contributed by atoms with Crippen molar-refractivity contribution in [3.05, 3.63) is 89.8 Å². The van der Waals surface area contributed by atoms with Gasteiger partial charge < -0.3 is 5.32 Å². The number of nitrogens with one attached hydrogen (secondary N) is 1. The van der Waals surface area contributed by atoms with Gasteiger partial charge in [-0.1, -0.05) is 60.7 Å². The number of halogens is 1. The van der Waals surface area contributed by atoms with Crippen molar-refractivity contribution in [3.8, 4) is 0 Å². The van der Waals surface area contributed by atoms with Crippen LogP contribution in [-0.2, 0) is 0 Å². The minimum Gasteiger partial charge on any atom is -0.378 e. The van der Waals surface area contributed by atoms with E-state index in [4.69, 9.17) is 0 Å². The number of allylic oxidation sites excluding steroid dienone is 2. The molecular formula is C22H18FN. The first-order valence-electron chi connectivity index (χ1n) is 8.52. The summed E-state index contributed by atoms with van der Waals surface area (Å²) in [7, 11) is 0. The highest BCUT2D eigenvalue weighted by molar-refractivity contribution is 5.91. The SMILES string of the molecule is Fc1ccccc1[C@@H]1Nc2ccc3ccccc3c2[C@@H]2C=CC[C@H]21. The van der Waals surface area contributed by atoms with E-state index in [1.54, 1.807) is 12.1 Å². The molecule has 0 bridgehead atoms. The Morgan fingerprint density at radius 3 is 2.67 bits per heavy atom. The smallest absolute Gasteiger partial charge is 0.128 e. The van der Waals surface area contributed by atoms with Crippen LogP contribution < -0.4 is 5.32 Å². The van der Waals surface area contributed by atoms with Crippen LogP contribution in [0.3, 0.4) is 0 Å². The maximum Gasteiger partial charge on any atom is 0.128 e. The third kappa shape index (κ3) is 1.92. The highest BCUT2D eigenvalue weighted by Crippen LogP contribution is 2.51. The molecule has 3 aromatic carbocycles. The molecule has 0 unspecified atom stereocenters. The summed E-state index contributed by atoms with van der Waals surface area (Å²) in [6.45, 7) is 0. The lowest BCUT2D eigenvalue weighted by molar-refractivity contribution is 0.415. The minimum absolute atomic E-state index is 0.0138. The molecule has 1 aliphatic heterocycles. The fourth-order valence-corrected chi connectivity index (χ4v) is 4.42. The standard InChI is InChI=1S/C22H18FN/c23-19-11-4-3-8-18(19)22-17-10-5-9-16(17)21-15-7-2-1-6-14(15)12-13-20(21)24-22/h1-9,11-13,16-17,22,24H,10H2/t16-,17-,22-/m1/s1. The quantitative estimate of drug-likeness (QED) is 0.559. The van der Waals surface area contributed by atoms with Gasteiger partial charge in [0.2, 0.25) is 0 Å². The molecule has 1 heterocycles. The lowest BCUT2D eigenvalue weighted by Gasteiger charge is -2.38. The van der Waals surface area contributed by atoms with Gasteiger partial charge in [0.15, 0.2) is 0 Å². The van der Waals surface area contributed by atoms with E-state index in [1.807, 2.05) is 12.1 Å². The average Bonchev–Trinajstić information content (AvgIpc) is 3.11. The van der Waals surface area contributed by atoms with Gasteiger partial charge in [0, 0.05) is 17.2 Å². The monoisotopic (exact) mass is 315 g/mol. The first-order valence-corrected chi connectivity index (χ1v) is 8.52. The van der Waals surface area contributed by atoms with Crippen LogP contribution in [0.4, 0.5) is 10.1 Å². The summed E-state index contributed by atoms with van der Waals surface area (Å²) in [5.74, 6) is 0.585. The summed E-state index contributed by atoms with van der Waals surface area (Å²) in [6, 6.07) is 20.0. The van der Waals surface area contributed by atoms with Gasteiger partial charge in [-0.15, -0.1) is 0 Å². The van der Waals surface area contributed by atoms with E-state index >= 15 is 0 Å². The van der Waals surface area contributed by atoms with Crippen LogP contribution >= 0.6 is 0 Å². The van der Waals surface area contributed by atoms with Crippen LogP contribution in [0.5, 0.6) is 0 Å². The van der Waals surface area contributed by atoms with Crippen molar-refractivity contribution >= 4 is 16.5 Å². The first kappa shape index (κ1) is 13.8. The normalized spacial score (nSPS) is 24.5. The summed E-state index contributed by atoms with van der Waals surface area (Å²) < 4.78 is 14.4. The zero-order chi connectivity index (χ0) is 16.1. The van der Waals surface area contributed by atoms with E-state index in [2.05, 4.69) is 53.9 Å². The first-order chi connectivity index (χ1) is 11.8. The third-order valence-corrected chi connectivity index (χ3v) is 5.50. The molecule has 0 radical (unpaired) electrons. The summed E-state index contributed by atoms with van der Waals surface area (Å²) >= 11 is 0. The molecule has 0 amide bonds. The number of benzene rings is 3. The lowest BCUT2D eigenvalue weighted by Crippen LogP contribution is -2.29. The number of anilines is 1. The number of rotatable bonds is 1. The average molecular weight is 315 g/mol. The predicted octanol–water partition coefficient (Wildman–Crippen LogP) is 5.81. The van der Waals surface area contributed by atoms with Gasteiger partial charge >= 0.3 is 0 Å². The van der Waals surface area contributed by atoms with Crippen LogP contribution in [0.2, 0.25) is 0 Å². The molecule has 0 fully saturated rings. The molecular weight excluding hydrogens is 297 g/mol. The largest absolute Gasteiger partial charge is 0.378 e. The van der Waals surface area contributed by atoms with Crippen molar-refractivity contribution in [2.45, 2.75) is 18.4 Å². The maximum atomic E-state index is 14.4. The molecule has 0 aromatic heterocycles. The van der Waals surface area contributed by atoms with Gasteiger partial charge in [0.25, 0.3) is 0 Å². The highest BCUT2D eigenvalue weighted by atomic mass is 19.1. The van der Waals surface area contributed by atoms with E-state index in [0.29, 0.717) is 11.8 Å². The molecule has 118 valence electrons. The second-order valence-electron chi connectivity index (χ2n) is 6.74. The summed E-state index contributed by atoms with van der Waals surface area (Å²) in [5, 5.41) is 6.20. The second-order valence-corrected chi connectivity index (χ2v) is 6.74. The van der Waals surface area contributed by atoms with E-state index < -0.39 is 0 Å². The zero-order valence-corrected chi connectivity index (χ0v) is 13.2. The molecule has 3 atom stereocenters. The zero-order valence-electron chi connectivity index (χ0n) is 13.2. The maximum absolute atomic E-state index is 14.4. The van der Waals surface area contributed by atoms with Crippen LogP contribution in [-0.4, -0.2) is 0 Å². The molecule has 3 aromatic rings. The van der Waals surface area contributed by atoms with Crippen LogP contribution in [0, 0.1) is 11.7 Å². The molecule has 2 heteroatoms. The Bertz CT molecular complexity index is 959. The number of fused-ring (bicyclic) bond motifs is 5. The fraction of sp³-hybridized carbons (Fsp3) is 0.182. The van der Waals surface area contributed by atoms with Crippen molar-refractivity contribution in [2.24, 2.45) is 5.92 Å². The number of hydrogen-bond acceptors (Lipinski definition) is 1. The minimum atomic E-state index is -0.120. The van der Waals surface area contributed by atoms with Crippen molar-refractivity contribution in [1.29, 1.82) is 0 Å². The van der Waals surface area contributed by atoms with E-state index in [0.717, 1.165) is 17.7 Å². The van der Waals surface area contributed by atoms with Crippen LogP contribution in [0.15, 0.2) is 72.8 Å². The Labute approximate surface area is 140 Å². The predicted molar refractivity (Wildman–Crippen MR) is 96.7 cm³/mol. The van der Waals surface area contributed by atoms with Crippen LogP contribution in [0.1, 0.15) is 29.5 Å². The Hall–Kier alpha value is -2.61. The molecule has 1 N–H and O–H groups in total. The number of hydrogen-bond donors (Lipinski definition) is 1. The van der Waals surface area contributed by atoms with Crippen molar-refractivity contribution in [3.63, 3.8) is 0 Å². The Morgan fingerprint density at radius 2 is 1.75 bits per heavy atom. The summed E-state index contributed by atoms with van der Waals surface area (Å²) in [4.78, 5) is 0. The molecule has 5 rings (SSSR count). The molecule has 0 saturated carbocycles. The van der Waals surface area contributed by atoms with Gasteiger partial charge in [-0.25, -0.2) is 4.39 Å². The Kier molecular flexibility index (Phi) is 2.99. The van der Waals surface area contributed by atoms with Gasteiger partial charge in [-0.05, 0) is 40.8 Å². The summed E-state index contributed by atoms with van der Waals surface area (Å²) in [5.41, 5.74) is 3.27. The third-order valence-electron chi connectivity index (χ3n) is 5.50. The van der Waals surface area contributed by atoms with E-state index in [9.17, 15) is 4.39 Å². The molecule has 2 aliphatic rings. The Balaban J connectivity index is 1.71. The lowest BCUT2D eigenvalue weighted by atomic mass is 9.75. The van der Waals surface area contributed by atoms with Crippen molar-refractivity contribution in [2.75, 3.05) is 5.32 Å². The molecule has 0 saturated heterocycles. The molecule has 0 spiro atoms. The van der Waals surface area contributed by atoms with Gasteiger partial charge in [0.1, 0.15) is 5.82 Å². The summed E-state index contributed by atoms with van der Waals surface area (Å²) in [6.07, 6.45) is 5.55. The molecule has 1 aliphatic carbocycles. The fourth-order valence-electron chi connectivity index (χ4n) is 4.42. The topological polar surface area (TPSA) is 12.0 Å². The second kappa shape index (κ2) is 5.20. The van der Waals surface area contributed by atoms with Gasteiger partial charge in [-0.2, -0.15) is 0 Å².